The number of benzene rings is 1. The first-order valence-corrected chi connectivity index (χ1v) is 7.01. The molecule has 0 heterocycles. The Morgan fingerprint density at radius 2 is 2.28 bits per heavy atom. The van der Waals surface area contributed by atoms with Crippen molar-refractivity contribution < 1.29 is 9.53 Å². The van der Waals surface area contributed by atoms with E-state index in [2.05, 4.69) is 5.32 Å². The first-order chi connectivity index (χ1) is 8.63. The van der Waals surface area contributed by atoms with Gasteiger partial charge in [0.25, 0.3) is 0 Å². The molecular weight excluding hydrogens is 248 g/mol. The Morgan fingerprint density at radius 3 is 3.00 bits per heavy atom. The number of ether oxygens (including phenoxy) is 1. The van der Waals surface area contributed by atoms with Crippen molar-refractivity contribution in [3.63, 3.8) is 0 Å². The monoisotopic (exact) mass is 268 g/mol. The van der Waals surface area contributed by atoms with E-state index in [0.29, 0.717) is 11.4 Å². The van der Waals surface area contributed by atoms with Gasteiger partial charge in [0.05, 0.1) is 5.75 Å². The average molecular weight is 268 g/mol. The molecule has 100 valence electrons. The van der Waals surface area contributed by atoms with E-state index in [-0.39, 0.29) is 5.91 Å². The van der Waals surface area contributed by atoms with Crippen molar-refractivity contribution in [2.24, 2.45) is 0 Å². The molecule has 3 N–H and O–H groups in total. The maximum Gasteiger partial charge on any atom is 0.234 e. The molecule has 0 aliphatic rings. The predicted octanol–water partition coefficient (Wildman–Crippen LogP) is 2.29. The van der Waals surface area contributed by atoms with Crippen LogP contribution in [-0.4, -0.2) is 31.1 Å². The summed E-state index contributed by atoms with van der Waals surface area (Å²) in [6.07, 6.45) is 0.964. The Bertz CT molecular complexity index is 397. The number of methoxy groups -OCH3 is 1. The summed E-state index contributed by atoms with van der Waals surface area (Å²) in [4.78, 5) is 11.7. The molecule has 0 aromatic heterocycles. The highest BCUT2D eigenvalue weighted by atomic mass is 32.2. The number of rotatable bonds is 7. The average Bonchev–Trinajstić information content (AvgIpc) is 2.33. The summed E-state index contributed by atoms with van der Waals surface area (Å²) < 4.78 is 4.95. The second-order valence-electron chi connectivity index (χ2n) is 4.02. The predicted molar refractivity (Wildman–Crippen MR) is 78.0 cm³/mol. The molecule has 18 heavy (non-hydrogen) atoms. The zero-order valence-electron chi connectivity index (χ0n) is 10.9. The Kier molecular flexibility index (Phi) is 6.60. The molecule has 0 aliphatic heterocycles. The first-order valence-electron chi connectivity index (χ1n) is 5.86. The highest BCUT2D eigenvalue weighted by Crippen LogP contribution is 2.18. The molecular formula is C13H20N2O2S. The van der Waals surface area contributed by atoms with Crippen LogP contribution >= 0.6 is 11.8 Å². The third kappa shape index (κ3) is 5.42. The minimum absolute atomic E-state index is 0.00566. The van der Waals surface area contributed by atoms with Crippen LogP contribution < -0.4 is 11.1 Å². The molecule has 0 spiro atoms. The maximum absolute atomic E-state index is 11.7. The van der Waals surface area contributed by atoms with Gasteiger partial charge in [-0.15, -0.1) is 0 Å². The normalized spacial score (nSPS) is 10.3. The summed E-state index contributed by atoms with van der Waals surface area (Å²) in [6.45, 7) is 2.68. The van der Waals surface area contributed by atoms with Crippen LogP contribution in [0.25, 0.3) is 0 Å². The molecule has 4 nitrogen and oxygen atoms in total. The van der Waals surface area contributed by atoms with Crippen LogP contribution in [0.2, 0.25) is 0 Å². The van der Waals surface area contributed by atoms with E-state index in [0.717, 1.165) is 30.0 Å². The number of nitrogens with two attached hydrogens (primary N) is 1. The number of anilines is 2. The summed E-state index contributed by atoms with van der Waals surface area (Å²) in [5, 5.41) is 2.87. The fourth-order valence-electron chi connectivity index (χ4n) is 1.43. The molecule has 1 aromatic rings. The number of nitrogens with one attached hydrogen (secondary N) is 1. The van der Waals surface area contributed by atoms with Crippen molar-refractivity contribution in [2.45, 2.75) is 13.3 Å². The van der Waals surface area contributed by atoms with Crippen LogP contribution in [0.5, 0.6) is 0 Å². The first kappa shape index (κ1) is 14.9. The van der Waals surface area contributed by atoms with Crippen LogP contribution in [0, 0.1) is 6.92 Å². The third-order valence-electron chi connectivity index (χ3n) is 2.41. The summed E-state index contributed by atoms with van der Waals surface area (Å²) >= 11 is 1.61. The van der Waals surface area contributed by atoms with E-state index in [1.165, 1.54) is 0 Å². The number of carbonyl (C=O) groups is 1. The summed E-state index contributed by atoms with van der Waals surface area (Å²) in [5.41, 5.74) is 8.15. The van der Waals surface area contributed by atoms with Crippen molar-refractivity contribution in [1.82, 2.24) is 0 Å². The zero-order chi connectivity index (χ0) is 13.4. The zero-order valence-corrected chi connectivity index (χ0v) is 11.7. The number of hydrogen-bond acceptors (Lipinski definition) is 4. The van der Waals surface area contributed by atoms with Gasteiger partial charge in [-0.2, -0.15) is 11.8 Å². The van der Waals surface area contributed by atoms with Gasteiger partial charge < -0.3 is 15.8 Å². The number of thioether (sulfide) groups is 1. The lowest BCUT2D eigenvalue weighted by Crippen LogP contribution is -2.15. The third-order valence-corrected chi connectivity index (χ3v) is 3.45. The molecule has 0 radical (unpaired) electrons. The molecule has 0 unspecified atom stereocenters. The smallest absolute Gasteiger partial charge is 0.234 e. The van der Waals surface area contributed by atoms with Crippen LogP contribution in [0.3, 0.4) is 0 Å². The van der Waals surface area contributed by atoms with Gasteiger partial charge in [0.15, 0.2) is 0 Å². The van der Waals surface area contributed by atoms with Crippen molar-refractivity contribution in [1.29, 1.82) is 0 Å². The molecule has 5 heteroatoms. The Hall–Kier alpha value is -1.20. The Morgan fingerprint density at radius 1 is 1.50 bits per heavy atom. The second kappa shape index (κ2) is 8.00. The quantitative estimate of drug-likeness (QED) is 0.588. The van der Waals surface area contributed by atoms with Gasteiger partial charge in [0.2, 0.25) is 5.91 Å². The molecule has 1 rings (SSSR count). The van der Waals surface area contributed by atoms with Crippen molar-refractivity contribution in [3.8, 4) is 0 Å². The van der Waals surface area contributed by atoms with Gasteiger partial charge in [0, 0.05) is 25.1 Å². The number of hydrogen-bond donors (Lipinski definition) is 2. The lowest BCUT2D eigenvalue weighted by molar-refractivity contribution is -0.113. The summed E-state index contributed by atoms with van der Waals surface area (Å²) in [7, 11) is 1.68. The van der Waals surface area contributed by atoms with Crippen molar-refractivity contribution in [3.05, 3.63) is 23.8 Å². The molecule has 0 saturated carbocycles. The fourth-order valence-corrected chi connectivity index (χ4v) is 2.15. The number of amides is 1. The molecule has 1 amide bonds. The lowest BCUT2D eigenvalue weighted by atomic mass is 10.2. The second-order valence-corrected chi connectivity index (χ2v) is 5.13. The summed E-state index contributed by atoms with van der Waals surface area (Å²) in [6, 6.07) is 5.50. The molecule has 1 aromatic carbocycles. The van der Waals surface area contributed by atoms with Crippen molar-refractivity contribution in [2.75, 3.05) is 36.3 Å². The van der Waals surface area contributed by atoms with Gasteiger partial charge in [-0.25, -0.2) is 0 Å². The highest BCUT2D eigenvalue weighted by molar-refractivity contribution is 7.99. The minimum atomic E-state index is 0.00566. The molecule has 0 atom stereocenters. The fraction of sp³-hybridized carbons (Fsp3) is 0.462. The number of carbonyl (C=O) groups excluding carboxylic acids is 1. The van der Waals surface area contributed by atoms with Crippen LogP contribution in [-0.2, 0) is 9.53 Å². The van der Waals surface area contributed by atoms with E-state index in [1.807, 2.05) is 19.1 Å². The van der Waals surface area contributed by atoms with Crippen LogP contribution in [0.4, 0.5) is 11.4 Å². The molecule has 0 aliphatic carbocycles. The van der Waals surface area contributed by atoms with E-state index in [1.54, 1.807) is 24.9 Å². The Balaban J connectivity index is 2.33. The topological polar surface area (TPSA) is 64.3 Å². The van der Waals surface area contributed by atoms with Crippen molar-refractivity contribution >= 4 is 29.0 Å². The maximum atomic E-state index is 11.7. The molecule has 0 fully saturated rings. The largest absolute Gasteiger partial charge is 0.399 e. The summed E-state index contributed by atoms with van der Waals surface area (Å²) in [5.74, 6) is 1.39. The standard InChI is InChI=1S/C13H20N2O2S/c1-10-4-5-11(14)8-12(10)15-13(16)9-18-7-3-6-17-2/h4-5,8H,3,6-7,9,14H2,1-2H3,(H,15,16). The number of nitrogen functional groups attached to an aromatic ring is 1. The van der Waals surface area contributed by atoms with Gasteiger partial charge in [-0.05, 0) is 36.8 Å². The number of aryl methyl sites for hydroxylation is 1. The molecule has 0 saturated heterocycles. The Labute approximate surface area is 112 Å². The SMILES string of the molecule is COCCCSCC(=O)Nc1cc(N)ccc1C. The van der Waals surface area contributed by atoms with Crippen LogP contribution in [0.1, 0.15) is 12.0 Å². The van der Waals surface area contributed by atoms with Gasteiger partial charge in [0.1, 0.15) is 0 Å². The van der Waals surface area contributed by atoms with E-state index in [9.17, 15) is 4.79 Å². The van der Waals surface area contributed by atoms with Gasteiger partial charge >= 0.3 is 0 Å². The van der Waals surface area contributed by atoms with E-state index in [4.69, 9.17) is 10.5 Å². The minimum Gasteiger partial charge on any atom is -0.399 e. The molecule has 0 bridgehead atoms. The van der Waals surface area contributed by atoms with E-state index >= 15 is 0 Å². The van der Waals surface area contributed by atoms with Crippen LogP contribution in [0.15, 0.2) is 18.2 Å². The van der Waals surface area contributed by atoms with Gasteiger partial charge in [-0.3, -0.25) is 4.79 Å². The van der Waals surface area contributed by atoms with E-state index < -0.39 is 0 Å². The highest BCUT2D eigenvalue weighted by Gasteiger charge is 2.05. The van der Waals surface area contributed by atoms with Gasteiger partial charge in [-0.1, -0.05) is 6.07 Å². The lowest BCUT2D eigenvalue weighted by Gasteiger charge is -2.09.